The molecule has 4 heterocycles. The molecule has 0 aromatic carbocycles. The smallest absolute Gasteiger partial charge is 0.338 e. The van der Waals surface area contributed by atoms with Gasteiger partial charge in [-0.1, -0.05) is 12.1 Å². The van der Waals surface area contributed by atoms with E-state index in [1.807, 2.05) is 0 Å². The molecule has 1 aliphatic rings. The molecular formula is C23H20N4O5S. The van der Waals surface area contributed by atoms with Crippen molar-refractivity contribution < 1.29 is 19.1 Å². The second kappa shape index (κ2) is 9.21. The Balaban J connectivity index is 2.13. The predicted molar refractivity (Wildman–Crippen MR) is 122 cm³/mol. The number of rotatable bonds is 5. The van der Waals surface area contributed by atoms with Gasteiger partial charge in [0.05, 0.1) is 35.3 Å². The third-order valence-electron chi connectivity index (χ3n) is 5.05. The van der Waals surface area contributed by atoms with Crippen molar-refractivity contribution in [2.75, 3.05) is 13.7 Å². The van der Waals surface area contributed by atoms with E-state index in [0.717, 1.165) is 15.9 Å². The summed E-state index contributed by atoms with van der Waals surface area (Å²) in [5.41, 5.74) is 7.23. The molecule has 0 saturated carbocycles. The molecule has 33 heavy (non-hydrogen) atoms. The Bertz CT molecular complexity index is 1420. The van der Waals surface area contributed by atoms with Gasteiger partial charge in [-0.15, -0.1) is 11.3 Å². The number of hydrogen-bond acceptors (Lipinski definition) is 9. The fourth-order valence-electron chi connectivity index (χ4n) is 3.66. The zero-order valence-corrected chi connectivity index (χ0v) is 18.7. The van der Waals surface area contributed by atoms with Crippen LogP contribution in [0.15, 0.2) is 59.4 Å². The molecule has 0 aliphatic carbocycles. The van der Waals surface area contributed by atoms with Crippen molar-refractivity contribution in [1.82, 2.24) is 14.5 Å². The molecule has 168 valence electrons. The number of carbonyl (C=O) groups is 2. The van der Waals surface area contributed by atoms with Crippen LogP contribution >= 0.6 is 11.3 Å². The molecule has 1 atom stereocenters. The van der Waals surface area contributed by atoms with Crippen LogP contribution in [0.3, 0.4) is 0 Å². The summed E-state index contributed by atoms with van der Waals surface area (Å²) >= 11 is 1.09. The molecule has 1 aliphatic heterocycles. The molecular weight excluding hydrogens is 444 g/mol. The molecule has 10 heteroatoms. The molecule has 0 amide bonds. The van der Waals surface area contributed by atoms with Crippen LogP contribution in [0.5, 0.6) is 0 Å². The van der Waals surface area contributed by atoms with Crippen molar-refractivity contribution in [2.45, 2.75) is 12.8 Å². The minimum atomic E-state index is -0.922. The van der Waals surface area contributed by atoms with E-state index in [1.54, 1.807) is 55.9 Å². The second-order valence-electron chi connectivity index (χ2n) is 6.99. The van der Waals surface area contributed by atoms with Gasteiger partial charge in [0, 0.05) is 24.8 Å². The van der Waals surface area contributed by atoms with Crippen molar-refractivity contribution in [3.05, 3.63) is 85.3 Å². The maximum Gasteiger partial charge on any atom is 0.338 e. The van der Waals surface area contributed by atoms with Gasteiger partial charge in [-0.25, -0.2) is 9.59 Å². The first-order valence-electron chi connectivity index (χ1n) is 10.0. The van der Waals surface area contributed by atoms with Crippen LogP contribution in [0.1, 0.15) is 24.0 Å². The molecule has 3 aromatic rings. The lowest BCUT2D eigenvalue weighted by atomic mass is 9.84. The molecule has 3 aromatic heterocycles. The van der Waals surface area contributed by atoms with Crippen molar-refractivity contribution in [3.63, 3.8) is 0 Å². The standard InChI is InChI=1S/C23H20N4O5S/c1-3-32-23(30)18-16(14-7-5-9-26-12-14)17(22(29)31-2)19(24)27-20(28)15(33-21(18)27)10-13-6-4-8-25-11-13/h4-12,16H,3,24H2,1-2H3/b15-10-/t16-/m0/s1. The number of methoxy groups -OCH3 is 1. The summed E-state index contributed by atoms with van der Waals surface area (Å²) in [6, 6.07) is 6.94. The minimum absolute atomic E-state index is 0.0334. The fourth-order valence-corrected chi connectivity index (χ4v) is 4.82. The van der Waals surface area contributed by atoms with E-state index in [9.17, 15) is 14.4 Å². The summed E-state index contributed by atoms with van der Waals surface area (Å²) < 4.78 is 12.0. The molecule has 0 radical (unpaired) electrons. The maximum absolute atomic E-state index is 13.3. The highest BCUT2D eigenvalue weighted by Gasteiger charge is 2.39. The Labute approximate surface area is 192 Å². The molecule has 2 N–H and O–H groups in total. The van der Waals surface area contributed by atoms with Crippen LogP contribution in [-0.2, 0) is 19.1 Å². The number of fused-ring (bicyclic) bond motifs is 1. The number of esters is 2. The molecule has 0 bridgehead atoms. The number of hydrogen-bond donors (Lipinski definition) is 1. The van der Waals surface area contributed by atoms with Gasteiger partial charge in [0.25, 0.3) is 5.56 Å². The van der Waals surface area contributed by atoms with E-state index in [1.165, 1.54) is 13.3 Å². The number of aromatic nitrogens is 3. The van der Waals surface area contributed by atoms with E-state index in [-0.39, 0.29) is 28.2 Å². The number of carbonyl (C=O) groups excluding carboxylic acids is 2. The summed E-state index contributed by atoms with van der Waals surface area (Å²) in [4.78, 5) is 47.5. The van der Waals surface area contributed by atoms with Gasteiger partial charge in [0.15, 0.2) is 0 Å². The van der Waals surface area contributed by atoms with Crippen LogP contribution < -0.4 is 20.5 Å². The lowest BCUT2D eigenvalue weighted by Gasteiger charge is -2.26. The molecule has 0 fully saturated rings. The van der Waals surface area contributed by atoms with Crippen LogP contribution in [-0.4, -0.2) is 40.2 Å². The predicted octanol–water partition coefficient (Wildman–Crippen LogP) is 0.340. The van der Waals surface area contributed by atoms with Crippen molar-refractivity contribution in [3.8, 4) is 0 Å². The van der Waals surface area contributed by atoms with Crippen molar-refractivity contribution >= 4 is 40.7 Å². The Morgan fingerprint density at radius 2 is 1.88 bits per heavy atom. The fraction of sp³-hybridized carbons (Fsp3) is 0.174. The highest BCUT2D eigenvalue weighted by molar-refractivity contribution is 7.07. The maximum atomic E-state index is 13.3. The van der Waals surface area contributed by atoms with E-state index in [0.29, 0.717) is 15.7 Å². The number of pyridine rings is 2. The zero-order valence-electron chi connectivity index (χ0n) is 17.8. The van der Waals surface area contributed by atoms with Gasteiger partial charge in [0.1, 0.15) is 10.5 Å². The van der Waals surface area contributed by atoms with Crippen LogP contribution in [0.4, 0.5) is 0 Å². The van der Waals surface area contributed by atoms with Gasteiger partial charge >= 0.3 is 11.9 Å². The Morgan fingerprint density at radius 3 is 2.48 bits per heavy atom. The molecule has 0 spiro atoms. The summed E-state index contributed by atoms with van der Waals surface area (Å²) in [6.45, 7) is 1.79. The van der Waals surface area contributed by atoms with Crippen molar-refractivity contribution in [1.29, 1.82) is 0 Å². The molecule has 4 rings (SSSR count). The molecule has 0 unspecified atom stereocenters. The molecule has 0 saturated heterocycles. The SMILES string of the molecule is CCOC(=O)C1=c2s/c(=C\c3cccnc3)c(=O)n2C(N)=C(C(=O)OC)[C@@H]1c1cccnc1. The number of thiazole rings is 1. The quantitative estimate of drug-likeness (QED) is 0.536. The van der Waals surface area contributed by atoms with Gasteiger partial charge in [-0.05, 0) is 36.3 Å². The highest BCUT2D eigenvalue weighted by Crippen LogP contribution is 2.37. The first-order valence-corrected chi connectivity index (χ1v) is 10.8. The van der Waals surface area contributed by atoms with Gasteiger partial charge in [-0.2, -0.15) is 0 Å². The van der Waals surface area contributed by atoms with Crippen LogP contribution in [0.25, 0.3) is 17.5 Å². The van der Waals surface area contributed by atoms with E-state index in [4.69, 9.17) is 15.2 Å². The normalized spacial score (nSPS) is 15.9. The molecule has 9 nitrogen and oxygen atoms in total. The van der Waals surface area contributed by atoms with Crippen molar-refractivity contribution in [2.24, 2.45) is 5.73 Å². The Kier molecular flexibility index (Phi) is 6.18. The van der Waals surface area contributed by atoms with Gasteiger partial charge < -0.3 is 15.2 Å². The van der Waals surface area contributed by atoms with E-state index in [2.05, 4.69) is 9.97 Å². The van der Waals surface area contributed by atoms with Gasteiger partial charge in [0.2, 0.25) is 0 Å². The third kappa shape index (κ3) is 3.96. The lowest BCUT2D eigenvalue weighted by Crippen LogP contribution is -2.41. The zero-order chi connectivity index (χ0) is 23.5. The monoisotopic (exact) mass is 464 g/mol. The number of ether oxygens (including phenoxy) is 2. The third-order valence-corrected chi connectivity index (χ3v) is 6.16. The first kappa shape index (κ1) is 22.2. The topological polar surface area (TPSA) is 126 Å². The second-order valence-corrected chi connectivity index (χ2v) is 8.02. The van der Waals surface area contributed by atoms with E-state index >= 15 is 0 Å². The van der Waals surface area contributed by atoms with E-state index < -0.39 is 23.4 Å². The highest BCUT2D eigenvalue weighted by atomic mass is 32.1. The largest absolute Gasteiger partial charge is 0.466 e. The van der Waals surface area contributed by atoms with Crippen LogP contribution in [0, 0.1) is 0 Å². The Hall–Kier alpha value is -4.05. The Morgan fingerprint density at radius 1 is 1.15 bits per heavy atom. The lowest BCUT2D eigenvalue weighted by molar-refractivity contribution is -0.136. The first-order chi connectivity index (χ1) is 16.0. The average molecular weight is 465 g/mol. The summed E-state index contributed by atoms with van der Waals surface area (Å²) in [6.07, 6.45) is 7.99. The summed E-state index contributed by atoms with van der Waals surface area (Å²) in [5, 5.41) is 0. The van der Waals surface area contributed by atoms with Gasteiger partial charge in [-0.3, -0.25) is 19.3 Å². The minimum Gasteiger partial charge on any atom is -0.466 e. The number of nitrogens with zero attached hydrogens (tertiary/aromatic N) is 3. The summed E-state index contributed by atoms with van der Waals surface area (Å²) in [7, 11) is 1.21. The van der Waals surface area contributed by atoms with Crippen LogP contribution in [0.2, 0.25) is 0 Å². The number of nitrogens with two attached hydrogens (primary N) is 1. The average Bonchev–Trinajstić information content (AvgIpc) is 3.15. The summed E-state index contributed by atoms with van der Waals surface area (Å²) in [5.74, 6) is -2.45.